The van der Waals surface area contributed by atoms with E-state index in [4.69, 9.17) is 14.5 Å². The molecule has 1 N–H and O–H groups in total. The molecule has 1 saturated carbocycles. The molecule has 0 spiro atoms. The Labute approximate surface area is 175 Å². The van der Waals surface area contributed by atoms with Gasteiger partial charge < -0.3 is 19.7 Å². The van der Waals surface area contributed by atoms with Crippen LogP contribution >= 0.6 is 0 Å². The van der Waals surface area contributed by atoms with E-state index in [0.29, 0.717) is 17.2 Å². The van der Waals surface area contributed by atoms with E-state index < -0.39 is 0 Å². The number of nitrogens with zero attached hydrogens (tertiary/aromatic N) is 2. The third kappa shape index (κ3) is 3.75. The minimum Gasteiger partial charge on any atom is -0.493 e. The Morgan fingerprint density at radius 3 is 2.80 bits per heavy atom. The predicted octanol–water partition coefficient (Wildman–Crippen LogP) is 3.24. The van der Waals surface area contributed by atoms with Crippen LogP contribution in [0.4, 0.5) is 11.4 Å². The lowest BCUT2D eigenvalue weighted by atomic mass is 10.1. The van der Waals surface area contributed by atoms with Gasteiger partial charge in [-0.2, -0.15) is 0 Å². The van der Waals surface area contributed by atoms with Crippen LogP contribution in [0.5, 0.6) is 11.5 Å². The van der Waals surface area contributed by atoms with Gasteiger partial charge in [0.1, 0.15) is 6.54 Å². The van der Waals surface area contributed by atoms with Crippen LogP contribution in [-0.2, 0) is 16.1 Å². The number of benzene rings is 2. The second-order valence-electron chi connectivity index (χ2n) is 7.39. The fourth-order valence-electron chi connectivity index (χ4n) is 4.13. The topological polar surface area (TPSA) is 80.2 Å². The van der Waals surface area contributed by atoms with Gasteiger partial charge in [0.2, 0.25) is 11.8 Å². The summed E-state index contributed by atoms with van der Waals surface area (Å²) in [5.41, 5.74) is 3.15. The zero-order chi connectivity index (χ0) is 21.1. The van der Waals surface area contributed by atoms with Crippen molar-refractivity contribution in [1.82, 2.24) is 5.32 Å². The SMILES string of the molecule is COc1cccc(CNC(=O)CN2C(=O)C3CCCC3=Nc3ccccc32)c1OC. The Balaban J connectivity index is 1.51. The summed E-state index contributed by atoms with van der Waals surface area (Å²) in [4.78, 5) is 32.3. The van der Waals surface area contributed by atoms with Crippen LogP contribution in [-0.4, -0.2) is 38.3 Å². The lowest BCUT2D eigenvalue weighted by Gasteiger charge is -2.24. The molecule has 7 nitrogen and oxygen atoms in total. The van der Waals surface area contributed by atoms with Crippen molar-refractivity contribution in [1.29, 1.82) is 0 Å². The molecule has 2 aromatic carbocycles. The zero-order valence-electron chi connectivity index (χ0n) is 17.2. The number of para-hydroxylation sites is 3. The quantitative estimate of drug-likeness (QED) is 0.797. The number of ether oxygens (including phenoxy) is 2. The molecule has 1 unspecified atom stereocenters. The van der Waals surface area contributed by atoms with Crippen molar-refractivity contribution in [3.05, 3.63) is 48.0 Å². The van der Waals surface area contributed by atoms with E-state index in [1.165, 1.54) is 0 Å². The molecule has 30 heavy (non-hydrogen) atoms. The number of hydrogen-bond acceptors (Lipinski definition) is 5. The number of aliphatic imine (C=N–C) groups is 1. The first-order chi connectivity index (χ1) is 14.6. The first kappa shape index (κ1) is 19.9. The third-order valence-electron chi connectivity index (χ3n) is 5.59. The Hall–Kier alpha value is -3.35. The van der Waals surface area contributed by atoms with Crippen LogP contribution in [0, 0.1) is 5.92 Å². The highest BCUT2D eigenvalue weighted by Gasteiger charge is 2.37. The van der Waals surface area contributed by atoms with Gasteiger partial charge in [0.15, 0.2) is 11.5 Å². The summed E-state index contributed by atoms with van der Waals surface area (Å²) < 4.78 is 10.7. The van der Waals surface area contributed by atoms with Crippen molar-refractivity contribution in [2.24, 2.45) is 10.9 Å². The van der Waals surface area contributed by atoms with Gasteiger partial charge in [0, 0.05) is 17.8 Å². The summed E-state index contributed by atoms with van der Waals surface area (Å²) in [5, 5.41) is 2.90. The smallest absolute Gasteiger partial charge is 0.240 e. The lowest BCUT2D eigenvalue weighted by molar-refractivity contribution is -0.124. The zero-order valence-corrected chi connectivity index (χ0v) is 17.2. The number of fused-ring (bicyclic) bond motifs is 2. The number of hydrogen-bond donors (Lipinski definition) is 1. The van der Waals surface area contributed by atoms with E-state index in [2.05, 4.69) is 5.32 Å². The van der Waals surface area contributed by atoms with Crippen LogP contribution in [0.3, 0.4) is 0 Å². The van der Waals surface area contributed by atoms with Crippen molar-refractivity contribution >= 4 is 28.9 Å². The first-order valence-electron chi connectivity index (χ1n) is 10.1. The maximum Gasteiger partial charge on any atom is 0.240 e. The molecule has 4 rings (SSSR count). The largest absolute Gasteiger partial charge is 0.493 e. The van der Waals surface area contributed by atoms with E-state index in [9.17, 15) is 9.59 Å². The van der Waals surface area contributed by atoms with Gasteiger partial charge in [-0.1, -0.05) is 24.3 Å². The van der Waals surface area contributed by atoms with Crippen molar-refractivity contribution in [3.8, 4) is 11.5 Å². The average molecular weight is 407 g/mol. The molecule has 1 fully saturated rings. The highest BCUT2D eigenvalue weighted by molar-refractivity contribution is 6.16. The number of methoxy groups -OCH3 is 2. The fraction of sp³-hybridized carbons (Fsp3) is 0.348. The highest BCUT2D eigenvalue weighted by atomic mass is 16.5. The second kappa shape index (κ2) is 8.57. The molecular weight excluding hydrogens is 382 g/mol. The number of nitrogens with one attached hydrogen (secondary N) is 1. The highest BCUT2D eigenvalue weighted by Crippen LogP contribution is 2.37. The normalized spacial score (nSPS) is 17.5. The third-order valence-corrected chi connectivity index (χ3v) is 5.59. The molecule has 2 aliphatic rings. The molecule has 1 atom stereocenters. The monoisotopic (exact) mass is 407 g/mol. The van der Waals surface area contributed by atoms with Gasteiger partial charge in [0.05, 0.1) is 31.5 Å². The number of rotatable bonds is 6. The molecular formula is C23H25N3O4. The minimum absolute atomic E-state index is 0.0506. The summed E-state index contributed by atoms with van der Waals surface area (Å²) >= 11 is 0. The van der Waals surface area contributed by atoms with Gasteiger partial charge in [-0.15, -0.1) is 0 Å². The first-order valence-corrected chi connectivity index (χ1v) is 10.1. The van der Waals surface area contributed by atoms with E-state index in [1.54, 1.807) is 25.2 Å². The Morgan fingerprint density at radius 2 is 2.00 bits per heavy atom. The van der Waals surface area contributed by atoms with E-state index >= 15 is 0 Å². The molecule has 156 valence electrons. The lowest BCUT2D eigenvalue weighted by Crippen LogP contribution is -2.43. The van der Waals surface area contributed by atoms with Gasteiger partial charge >= 0.3 is 0 Å². The van der Waals surface area contributed by atoms with Crippen LogP contribution in [0.15, 0.2) is 47.5 Å². The average Bonchev–Trinajstić information content (AvgIpc) is 3.20. The van der Waals surface area contributed by atoms with Crippen molar-refractivity contribution in [2.75, 3.05) is 25.7 Å². The molecule has 2 aromatic rings. The van der Waals surface area contributed by atoms with Gasteiger partial charge in [-0.25, -0.2) is 0 Å². The molecule has 0 bridgehead atoms. The van der Waals surface area contributed by atoms with E-state index in [1.807, 2.05) is 36.4 Å². The molecule has 0 radical (unpaired) electrons. The standard InChI is InChI=1S/C23H25N3O4/c1-29-20-12-5-7-15(22(20)30-2)13-24-21(27)14-26-19-11-4-3-9-18(19)25-17-10-6-8-16(17)23(26)28/h3-5,7,9,11-12,16H,6,8,10,13-14H2,1-2H3,(H,24,27). The number of carbonyl (C=O) groups excluding carboxylic acids is 2. The number of anilines is 1. The van der Waals surface area contributed by atoms with Crippen LogP contribution in [0.1, 0.15) is 24.8 Å². The van der Waals surface area contributed by atoms with E-state index in [0.717, 1.165) is 36.2 Å². The predicted molar refractivity (Wildman–Crippen MR) is 115 cm³/mol. The summed E-state index contributed by atoms with van der Waals surface area (Å²) in [6.07, 6.45) is 2.57. The summed E-state index contributed by atoms with van der Waals surface area (Å²) in [5.74, 6) is 0.658. The molecule has 7 heteroatoms. The second-order valence-corrected chi connectivity index (χ2v) is 7.39. The van der Waals surface area contributed by atoms with Crippen molar-refractivity contribution < 1.29 is 19.1 Å². The summed E-state index contributed by atoms with van der Waals surface area (Å²) in [7, 11) is 3.14. The Morgan fingerprint density at radius 1 is 1.17 bits per heavy atom. The molecule has 2 amide bonds. The Kier molecular flexibility index (Phi) is 5.70. The number of amides is 2. The van der Waals surface area contributed by atoms with Gasteiger partial charge in [-0.05, 0) is 37.5 Å². The fourth-order valence-corrected chi connectivity index (χ4v) is 4.13. The van der Waals surface area contributed by atoms with Gasteiger partial charge in [0.25, 0.3) is 0 Å². The summed E-state index contributed by atoms with van der Waals surface area (Å²) in [6, 6.07) is 13.0. The molecule has 0 saturated heterocycles. The van der Waals surface area contributed by atoms with Crippen LogP contribution in [0.25, 0.3) is 0 Å². The van der Waals surface area contributed by atoms with Crippen LogP contribution in [0.2, 0.25) is 0 Å². The Bertz CT molecular complexity index is 1000. The van der Waals surface area contributed by atoms with Crippen LogP contribution < -0.4 is 19.7 Å². The maximum absolute atomic E-state index is 13.2. The number of carbonyl (C=O) groups is 2. The molecule has 0 aromatic heterocycles. The van der Waals surface area contributed by atoms with Crippen molar-refractivity contribution in [3.63, 3.8) is 0 Å². The summed E-state index contributed by atoms with van der Waals surface area (Å²) in [6.45, 7) is 0.218. The van der Waals surface area contributed by atoms with E-state index in [-0.39, 0.29) is 30.8 Å². The van der Waals surface area contributed by atoms with Crippen molar-refractivity contribution in [2.45, 2.75) is 25.8 Å². The minimum atomic E-state index is -0.246. The maximum atomic E-state index is 13.2. The van der Waals surface area contributed by atoms with Gasteiger partial charge in [-0.3, -0.25) is 14.6 Å². The molecule has 1 aliphatic heterocycles. The molecule has 1 heterocycles. The molecule has 1 aliphatic carbocycles.